The molecule has 3 rings (SSSR count). The van der Waals surface area contributed by atoms with E-state index in [9.17, 15) is 8.78 Å². The van der Waals surface area contributed by atoms with Gasteiger partial charge in [-0.2, -0.15) is 4.98 Å². The summed E-state index contributed by atoms with van der Waals surface area (Å²) in [6.45, 7) is 0. The molecule has 0 amide bonds. The van der Waals surface area contributed by atoms with Crippen molar-refractivity contribution in [3.8, 4) is 22.2 Å². The number of nitrogen functional groups attached to an aromatic ring is 1. The SMILES string of the molecule is Nc1cc(F)c(F)cc1-c1nc(-c2cc(Br)cs2)no1. The van der Waals surface area contributed by atoms with E-state index in [4.69, 9.17) is 10.3 Å². The van der Waals surface area contributed by atoms with Gasteiger partial charge in [0.25, 0.3) is 5.89 Å². The highest BCUT2D eigenvalue weighted by molar-refractivity contribution is 9.10. The Kier molecular flexibility index (Phi) is 3.27. The van der Waals surface area contributed by atoms with E-state index < -0.39 is 11.6 Å². The zero-order valence-corrected chi connectivity index (χ0v) is 12.1. The van der Waals surface area contributed by atoms with E-state index in [1.54, 1.807) is 0 Å². The minimum Gasteiger partial charge on any atom is -0.398 e. The Hall–Kier alpha value is -1.80. The van der Waals surface area contributed by atoms with Crippen molar-refractivity contribution in [2.45, 2.75) is 0 Å². The van der Waals surface area contributed by atoms with Crippen molar-refractivity contribution in [1.29, 1.82) is 0 Å². The van der Waals surface area contributed by atoms with Gasteiger partial charge in [-0.1, -0.05) is 5.16 Å². The molecule has 0 bridgehead atoms. The molecule has 0 saturated carbocycles. The number of thiophene rings is 1. The number of aromatic nitrogens is 2. The van der Waals surface area contributed by atoms with Crippen LogP contribution in [0.2, 0.25) is 0 Å². The number of anilines is 1. The van der Waals surface area contributed by atoms with Crippen LogP contribution < -0.4 is 5.73 Å². The molecule has 0 aliphatic heterocycles. The van der Waals surface area contributed by atoms with Gasteiger partial charge in [-0.3, -0.25) is 0 Å². The fourth-order valence-corrected chi connectivity index (χ4v) is 2.96. The predicted octanol–water partition coefficient (Wildman–Crippen LogP) is 4.09. The highest BCUT2D eigenvalue weighted by Crippen LogP contribution is 2.31. The van der Waals surface area contributed by atoms with Crippen molar-refractivity contribution in [2.24, 2.45) is 0 Å². The van der Waals surface area contributed by atoms with Crippen LogP contribution >= 0.6 is 27.3 Å². The smallest absolute Gasteiger partial charge is 0.260 e. The summed E-state index contributed by atoms with van der Waals surface area (Å²) in [5, 5.41) is 5.67. The minimum absolute atomic E-state index is 0.0338. The summed E-state index contributed by atoms with van der Waals surface area (Å²) in [7, 11) is 0. The second kappa shape index (κ2) is 4.95. The van der Waals surface area contributed by atoms with Gasteiger partial charge in [0, 0.05) is 21.6 Å². The van der Waals surface area contributed by atoms with Crippen molar-refractivity contribution in [3.05, 3.63) is 39.7 Å². The first-order chi connectivity index (χ1) is 9.54. The van der Waals surface area contributed by atoms with Crippen LogP contribution in [0.25, 0.3) is 22.2 Å². The maximum absolute atomic E-state index is 13.3. The summed E-state index contributed by atoms with van der Waals surface area (Å²) in [6, 6.07) is 3.65. The molecule has 0 aliphatic carbocycles. The van der Waals surface area contributed by atoms with E-state index in [2.05, 4.69) is 26.1 Å². The van der Waals surface area contributed by atoms with Gasteiger partial charge in [0.2, 0.25) is 5.82 Å². The van der Waals surface area contributed by atoms with E-state index in [0.717, 1.165) is 21.5 Å². The topological polar surface area (TPSA) is 64.9 Å². The lowest BCUT2D eigenvalue weighted by Crippen LogP contribution is -1.94. The third-order valence-electron chi connectivity index (χ3n) is 2.54. The van der Waals surface area contributed by atoms with Crippen LogP contribution in [0.5, 0.6) is 0 Å². The molecule has 0 spiro atoms. The molecule has 102 valence electrons. The van der Waals surface area contributed by atoms with Crippen LogP contribution in [0.1, 0.15) is 0 Å². The fraction of sp³-hybridized carbons (Fsp3) is 0. The lowest BCUT2D eigenvalue weighted by Gasteiger charge is -2.01. The highest BCUT2D eigenvalue weighted by Gasteiger charge is 2.17. The molecule has 0 radical (unpaired) electrons. The van der Waals surface area contributed by atoms with Crippen LogP contribution in [-0.2, 0) is 0 Å². The molecule has 4 nitrogen and oxygen atoms in total. The number of hydrogen-bond donors (Lipinski definition) is 1. The minimum atomic E-state index is -1.02. The Balaban J connectivity index is 2.04. The molecule has 0 unspecified atom stereocenters. The highest BCUT2D eigenvalue weighted by atomic mass is 79.9. The zero-order chi connectivity index (χ0) is 14.3. The summed E-state index contributed by atoms with van der Waals surface area (Å²) in [4.78, 5) is 4.92. The Morgan fingerprint density at radius 2 is 1.95 bits per heavy atom. The number of benzene rings is 1. The normalized spacial score (nSPS) is 10.9. The number of hydrogen-bond acceptors (Lipinski definition) is 5. The summed E-state index contributed by atoms with van der Waals surface area (Å²) < 4.78 is 32.2. The molecule has 3 aromatic rings. The zero-order valence-electron chi connectivity index (χ0n) is 9.73. The molecule has 2 heterocycles. The van der Waals surface area contributed by atoms with Crippen LogP contribution in [0, 0.1) is 11.6 Å². The van der Waals surface area contributed by atoms with Crippen molar-refractivity contribution >= 4 is 33.0 Å². The van der Waals surface area contributed by atoms with Gasteiger partial charge in [-0.15, -0.1) is 11.3 Å². The molecule has 2 N–H and O–H groups in total. The van der Waals surface area contributed by atoms with Crippen molar-refractivity contribution in [1.82, 2.24) is 10.1 Å². The van der Waals surface area contributed by atoms with Crippen molar-refractivity contribution in [3.63, 3.8) is 0 Å². The third-order valence-corrected chi connectivity index (χ3v) is 4.22. The van der Waals surface area contributed by atoms with Gasteiger partial charge in [-0.05, 0) is 28.1 Å². The second-order valence-corrected chi connectivity index (χ2v) is 5.73. The Morgan fingerprint density at radius 1 is 1.20 bits per heavy atom. The molecular formula is C12H6BrF2N3OS. The van der Waals surface area contributed by atoms with Gasteiger partial charge in [0.15, 0.2) is 11.6 Å². The number of rotatable bonds is 2. The number of halogens is 3. The maximum Gasteiger partial charge on any atom is 0.260 e. The number of nitrogens with two attached hydrogens (primary N) is 1. The van der Waals surface area contributed by atoms with Crippen molar-refractivity contribution < 1.29 is 13.3 Å². The molecule has 0 fully saturated rings. The molecular weight excluding hydrogens is 352 g/mol. The molecule has 1 aromatic carbocycles. The Morgan fingerprint density at radius 3 is 2.65 bits per heavy atom. The van der Waals surface area contributed by atoms with Gasteiger partial charge >= 0.3 is 0 Å². The second-order valence-electron chi connectivity index (χ2n) is 3.91. The van der Waals surface area contributed by atoms with E-state index in [0.29, 0.717) is 5.82 Å². The summed E-state index contributed by atoms with van der Waals surface area (Å²) in [5.41, 5.74) is 5.83. The third kappa shape index (κ3) is 2.32. The predicted molar refractivity (Wildman–Crippen MR) is 75.1 cm³/mol. The van der Waals surface area contributed by atoms with Crippen LogP contribution in [0.3, 0.4) is 0 Å². The van der Waals surface area contributed by atoms with Gasteiger partial charge < -0.3 is 10.3 Å². The molecule has 0 atom stereocenters. The summed E-state index contributed by atoms with van der Waals surface area (Å²) in [5.74, 6) is -1.64. The lowest BCUT2D eigenvalue weighted by atomic mass is 10.1. The van der Waals surface area contributed by atoms with Crippen LogP contribution in [-0.4, -0.2) is 10.1 Å². The van der Waals surface area contributed by atoms with Crippen molar-refractivity contribution in [2.75, 3.05) is 5.73 Å². The molecule has 20 heavy (non-hydrogen) atoms. The molecule has 0 saturated heterocycles. The van der Waals surface area contributed by atoms with Gasteiger partial charge in [0.05, 0.1) is 10.4 Å². The van der Waals surface area contributed by atoms with Crippen LogP contribution in [0.15, 0.2) is 32.6 Å². The average molecular weight is 358 g/mol. The van der Waals surface area contributed by atoms with Gasteiger partial charge in [0.1, 0.15) is 0 Å². The molecule has 8 heteroatoms. The quantitative estimate of drug-likeness (QED) is 0.701. The standard InChI is InChI=1S/C12H6BrF2N3OS/c13-5-1-10(20-4-5)11-17-12(19-18-11)6-2-7(14)8(15)3-9(6)16/h1-4H,16H2. The monoisotopic (exact) mass is 357 g/mol. The number of nitrogens with zero attached hydrogens (tertiary/aromatic N) is 2. The Labute approximate surface area is 124 Å². The maximum atomic E-state index is 13.3. The average Bonchev–Trinajstić information content (AvgIpc) is 3.02. The van der Waals surface area contributed by atoms with Gasteiger partial charge in [-0.25, -0.2) is 8.78 Å². The fourth-order valence-electron chi connectivity index (χ4n) is 1.61. The Bertz CT molecular complexity index is 787. The molecule has 2 aromatic heterocycles. The van der Waals surface area contributed by atoms with E-state index >= 15 is 0 Å². The largest absolute Gasteiger partial charge is 0.398 e. The first-order valence-corrected chi connectivity index (χ1v) is 7.05. The van der Waals surface area contributed by atoms with E-state index in [1.165, 1.54) is 11.3 Å². The first kappa shape index (κ1) is 13.2. The molecule has 0 aliphatic rings. The van der Waals surface area contributed by atoms with Crippen LogP contribution in [0.4, 0.5) is 14.5 Å². The first-order valence-electron chi connectivity index (χ1n) is 5.37. The summed E-state index contributed by atoms with van der Waals surface area (Å²) in [6.07, 6.45) is 0. The summed E-state index contributed by atoms with van der Waals surface area (Å²) >= 11 is 4.75. The lowest BCUT2D eigenvalue weighted by molar-refractivity contribution is 0.432. The van der Waals surface area contributed by atoms with E-state index in [-0.39, 0.29) is 17.1 Å². The van der Waals surface area contributed by atoms with E-state index in [1.807, 2.05) is 11.4 Å².